The molecule has 1 heterocycles. The molecule has 0 fully saturated rings. The zero-order valence-electron chi connectivity index (χ0n) is 24.8. The second-order valence-electron chi connectivity index (χ2n) is 10.9. The van der Waals surface area contributed by atoms with E-state index in [1.165, 1.54) is 24.3 Å². The summed E-state index contributed by atoms with van der Waals surface area (Å²) in [5.74, 6) is -0.238. The minimum atomic E-state index is -1.12. The standard InChI is InChI=1S/C35H34N2O6/c1-21-19-35(2,3)37-29-16-15-25(27(32(21)29)20-36-28-11-6-7-12-30(28)41-4)26-14-13-24(18-31(26)42-5)43-34(40)23-10-8-9-22(17-23)33(38)39/h6-19,36-37H,20H2,1-5H3,(H,38,39). The average molecular weight is 579 g/mol. The predicted octanol–water partition coefficient (Wildman–Crippen LogP) is 7.51. The second kappa shape index (κ2) is 11.9. The van der Waals surface area contributed by atoms with Crippen molar-refractivity contribution in [2.24, 2.45) is 0 Å². The van der Waals surface area contributed by atoms with Crippen LogP contribution in [0.15, 0.2) is 84.9 Å². The van der Waals surface area contributed by atoms with Crippen LogP contribution in [-0.4, -0.2) is 36.8 Å². The number of benzene rings is 4. The van der Waals surface area contributed by atoms with Gasteiger partial charge >= 0.3 is 11.9 Å². The van der Waals surface area contributed by atoms with Crippen LogP contribution < -0.4 is 24.8 Å². The lowest BCUT2D eigenvalue weighted by molar-refractivity contribution is 0.0697. The number of hydrogen-bond acceptors (Lipinski definition) is 7. The molecule has 8 nitrogen and oxygen atoms in total. The van der Waals surface area contributed by atoms with Crippen molar-refractivity contribution in [3.8, 4) is 28.4 Å². The van der Waals surface area contributed by atoms with Gasteiger partial charge in [0.25, 0.3) is 0 Å². The summed E-state index contributed by atoms with van der Waals surface area (Å²) in [5.41, 5.74) is 6.98. The number of anilines is 2. The molecule has 0 saturated carbocycles. The SMILES string of the molecule is COc1ccccc1NCc1c(-c2ccc(OC(=O)c3cccc(C(=O)O)c3)cc2OC)ccc2c1C(C)=CC(C)(C)N2. The summed E-state index contributed by atoms with van der Waals surface area (Å²) in [5, 5.41) is 16.5. The number of aromatic carboxylic acids is 1. The van der Waals surface area contributed by atoms with Crippen LogP contribution in [0.25, 0.3) is 16.7 Å². The maximum atomic E-state index is 12.8. The van der Waals surface area contributed by atoms with Crippen LogP contribution in [0.4, 0.5) is 11.4 Å². The van der Waals surface area contributed by atoms with E-state index in [9.17, 15) is 14.7 Å². The van der Waals surface area contributed by atoms with Gasteiger partial charge in [0.1, 0.15) is 17.2 Å². The molecule has 0 aliphatic carbocycles. The number of rotatable bonds is 9. The monoisotopic (exact) mass is 578 g/mol. The molecule has 3 N–H and O–H groups in total. The van der Waals surface area contributed by atoms with Crippen molar-refractivity contribution >= 4 is 28.9 Å². The van der Waals surface area contributed by atoms with Gasteiger partial charge in [-0.25, -0.2) is 9.59 Å². The zero-order chi connectivity index (χ0) is 30.7. The lowest BCUT2D eigenvalue weighted by Gasteiger charge is -2.33. The molecule has 1 aliphatic heterocycles. The molecule has 0 bridgehead atoms. The molecule has 0 amide bonds. The first-order valence-electron chi connectivity index (χ1n) is 13.8. The lowest BCUT2D eigenvalue weighted by Crippen LogP contribution is -2.32. The molecule has 0 spiro atoms. The van der Waals surface area contributed by atoms with Crippen molar-refractivity contribution in [2.75, 3.05) is 24.9 Å². The van der Waals surface area contributed by atoms with Crippen molar-refractivity contribution in [1.29, 1.82) is 0 Å². The van der Waals surface area contributed by atoms with Gasteiger partial charge in [0.05, 0.1) is 36.6 Å². The van der Waals surface area contributed by atoms with Crippen LogP contribution in [0, 0.1) is 0 Å². The van der Waals surface area contributed by atoms with Crippen LogP contribution in [0.1, 0.15) is 52.6 Å². The lowest BCUT2D eigenvalue weighted by atomic mass is 9.85. The average Bonchev–Trinajstić information content (AvgIpc) is 2.99. The minimum Gasteiger partial charge on any atom is -0.496 e. The Bertz CT molecular complexity index is 1740. The van der Waals surface area contributed by atoms with Gasteiger partial charge in [0.2, 0.25) is 0 Å². The smallest absolute Gasteiger partial charge is 0.343 e. The number of carboxylic acids is 1. The summed E-state index contributed by atoms with van der Waals surface area (Å²) < 4.78 is 17.0. The molecular weight excluding hydrogens is 544 g/mol. The Kier molecular flexibility index (Phi) is 8.12. The Morgan fingerprint density at radius 1 is 0.860 bits per heavy atom. The third kappa shape index (κ3) is 6.18. The van der Waals surface area contributed by atoms with Gasteiger partial charge in [-0.15, -0.1) is 0 Å². The molecule has 0 aromatic heterocycles. The summed E-state index contributed by atoms with van der Waals surface area (Å²) in [6.07, 6.45) is 2.23. The third-order valence-corrected chi connectivity index (χ3v) is 7.32. The quantitative estimate of drug-likeness (QED) is 0.138. The zero-order valence-corrected chi connectivity index (χ0v) is 24.8. The first kappa shape index (κ1) is 29.3. The van der Waals surface area contributed by atoms with Crippen molar-refractivity contribution in [3.05, 3.63) is 107 Å². The molecule has 4 aromatic carbocycles. The van der Waals surface area contributed by atoms with E-state index in [1.807, 2.05) is 30.3 Å². The van der Waals surface area contributed by atoms with E-state index >= 15 is 0 Å². The number of carboxylic acid groups (broad SMARTS) is 1. The minimum absolute atomic E-state index is 0.00581. The molecule has 1 aliphatic rings. The Balaban J connectivity index is 1.54. The van der Waals surface area contributed by atoms with Crippen molar-refractivity contribution < 1.29 is 28.9 Å². The number of para-hydroxylation sites is 2. The Hall–Kier alpha value is -5.24. The highest BCUT2D eigenvalue weighted by Crippen LogP contribution is 2.43. The van der Waals surface area contributed by atoms with Crippen LogP contribution in [0.5, 0.6) is 17.2 Å². The summed E-state index contributed by atoms with van der Waals surface area (Å²) in [7, 11) is 3.22. The fourth-order valence-electron chi connectivity index (χ4n) is 5.51. The van der Waals surface area contributed by atoms with Crippen LogP contribution >= 0.6 is 0 Å². The van der Waals surface area contributed by atoms with Gasteiger partial charge in [0.15, 0.2) is 0 Å². The van der Waals surface area contributed by atoms with E-state index in [1.54, 1.807) is 26.4 Å². The van der Waals surface area contributed by atoms with Crippen molar-refractivity contribution in [2.45, 2.75) is 32.9 Å². The third-order valence-electron chi connectivity index (χ3n) is 7.32. The molecule has 8 heteroatoms. The molecule has 0 saturated heterocycles. The Labute approximate surface area is 250 Å². The molecule has 0 unspecified atom stereocenters. The molecule has 0 atom stereocenters. The number of fused-ring (bicyclic) bond motifs is 1. The number of ether oxygens (including phenoxy) is 3. The van der Waals surface area contributed by atoms with Crippen molar-refractivity contribution in [3.63, 3.8) is 0 Å². The molecule has 0 radical (unpaired) electrons. The highest BCUT2D eigenvalue weighted by Gasteiger charge is 2.27. The fraction of sp³-hybridized carbons (Fsp3) is 0.200. The highest BCUT2D eigenvalue weighted by molar-refractivity contribution is 5.95. The van der Waals surface area contributed by atoms with E-state index in [-0.39, 0.29) is 22.4 Å². The van der Waals surface area contributed by atoms with Crippen LogP contribution in [-0.2, 0) is 6.54 Å². The fourth-order valence-corrected chi connectivity index (χ4v) is 5.51. The van der Waals surface area contributed by atoms with Gasteiger partial charge in [-0.05, 0) is 86.0 Å². The van der Waals surface area contributed by atoms with Gasteiger partial charge in [-0.2, -0.15) is 0 Å². The number of hydrogen-bond donors (Lipinski definition) is 3. The first-order chi connectivity index (χ1) is 20.6. The van der Waals surface area contributed by atoms with E-state index in [0.29, 0.717) is 12.3 Å². The summed E-state index contributed by atoms with van der Waals surface area (Å²) in [6.45, 7) is 6.91. The van der Waals surface area contributed by atoms with E-state index in [0.717, 1.165) is 45.0 Å². The number of nitrogens with one attached hydrogen (secondary N) is 2. The topological polar surface area (TPSA) is 106 Å². The summed E-state index contributed by atoms with van der Waals surface area (Å²) in [6, 6.07) is 22.9. The number of carbonyl (C=O) groups excluding carboxylic acids is 1. The number of methoxy groups -OCH3 is 2. The van der Waals surface area contributed by atoms with E-state index in [2.05, 4.69) is 49.6 Å². The summed E-state index contributed by atoms with van der Waals surface area (Å²) in [4.78, 5) is 24.2. The number of esters is 1. The Morgan fingerprint density at radius 3 is 2.33 bits per heavy atom. The maximum absolute atomic E-state index is 12.8. The molecule has 220 valence electrons. The number of carbonyl (C=O) groups is 2. The maximum Gasteiger partial charge on any atom is 0.343 e. The van der Waals surface area contributed by atoms with Gasteiger partial charge in [-0.1, -0.05) is 30.3 Å². The molecule has 43 heavy (non-hydrogen) atoms. The second-order valence-corrected chi connectivity index (χ2v) is 10.9. The highest BCUT2D eigenvalue weighted by atomic mass is 16.5. The first-order valence-corrected chi connectivity index (χ1v) is 13.8. The van der Waals surface area contributed by atoms with E-state index in [4.69, 9.17) is 14.2 Å². The van der Waals surface area contributed by atoms with Gasteiger partial charge in [0, 0.05) is 29.4 Å². The molecular formula is C35H34N2O6. The summed E-state index contributed by atoms with van der Waals surface area (Å²) >= 11 is 0. The molecule has 4 aromatic rings. The normalized spacial score (nSPS) is 13.2. The molecule has 5 rings (SSSR count). The van der Waals surface area contributed by atoms with Gasteiger partial charge < -0.3 is 30.0 Å². The number of allylic oxidation sites excluding steroid dienone is 1. The van der Waals surface area contributed by atoms with Crippen LogP contribution in [0.3, 0.4) is 0 Å². The van der Waals surface area contributed by atoms with E-state index < -0.39 is 11.9 Å². The Morgan fingerprint density at radius 2 is 1.58 bits per heavy atom. The predicted molar refractivity (Wildman–Crippen MR) is 168 cm³/mol. The van der Waals surface area contributed by atoms with Crippen molar-refractivity contribution in [1.82, 2.24) is 0 Å². The largest absolute Gasteiger partial charge is 0.496 e. The van der Waals surface area contributed by atoms with Gasteiger partial charge in [-0.3, -0.25) is 0 Å². The van der Waals surface area contributed by atoms with Crippen LogP contribution in [0.2, 0.25) is 0 Å².